The number of non-ortho nitro benzene ring substituents is 1. The van der Waals surface area contributed by atoms with Crippen LogP contribution in [0, 0.1) is 24.0 Å². The van der Waals surface area contributed by atoms with E-state index < -0.39 is 22.9 Å². The van der Waals surface area contributed by atoms with Crippen molar-refractivity contribution in [2.75, 3.05) is 12.4 Å². The first-order chi connectivity index (χ1) is 15.7. The van der Waals surface area contributed by atoms with E-state index in [1.165, 1.54) is 32.2 Å². The molecule has 1 atom stereocenters. The number of ether oxygens (including phenoxy) is 2. The number of carbonyl (C=O) groups excluding carboxylic acids is 2. The Labute approximate surface area is 190 Å². The van der Waals surface area contributed by atoms with Crippen molar-refractivity contribution in [2.45, 2.75) is 33.3 Å². The van der Waals surface area contributed by atoms with Crippen LogP contribution in [0.5, 0.6) is 5.75 Å². The second kappa shape index (κ2) is 9.94. The van der Waals surface area contributed by atoms with Crippen LogP contribution >= 0.6 is 0 Å². The second-order valence-electron chi connectivity index (χ2n) is 7.34. The number of carbonyl (C=O) groups is 2. The number of hydrogen-bond acceptors (Lipinski definition) is 7. The zero-order chi connectivity index (χ0) is 24.1. The quantitative estimate of drug-likeness (QED) is 0.315. The summed E-state index contributed by atoms with van der Waals surface area (Å²) in [5.41, 5.74) is 2.97. The van der Waals surface area contributed by atoms with Gasteiger partial charge in [0.05, 0.1) is 35.5 Å². The SMILES string of the molecule is COc1ccc([N+](=O)[O-])cc1NC(=O)C(C)OC(=O)Cc1c(C)nn(-c2ccccc2)c1C. The molecule has 172 valence electrons. The third-order valence-corrected chi connectivity index (χ3v) is 5.09. The minimum absolute atomic E-state index is 0.0533. The summed E-state index contributed by atoms with van der Waals surface area (Å²) in [4.78, 5) is 35.5. The Morgan fingerprint density at radius 3 is 2.52 bits per heavy atom. The second-order valence-corrected chi connectivity index (χ2v) is 7.34. The predicted octanol–water partition coefficient (Wildman–Crippen LogP) is 3.52. The summed E-state index contributed by atoms with van der Waals surface area (Å²) in [6.45, 7) is 5.09. The molecule has 10 nitrogen and oxygen atoms in total. The van der Waals surface area contributed by atoms with E-state index in [4.69, 9.17) is 9.47 Å². The van der Waals surface area contributed by atoms with Gasteiger partial charge in [0.2, 0.25) is 0 Å². The number of para-hydroxylation sites is 1. The maximum atomic E-state index is 12.5. The van der Waals surface area contributed by atoms with E-state index in [2.05, 4.69) is 10.4 Å². The highest BCUT2D eigenvalue weighted by Gasteiger charge is 2.23. The Morgan fingerprint density at radius 1 is 1.18 bits per heavy atom. The molecular weight excluding hydrogens is 428 g/mol. The number of esters is 1. The fourth-order valence-corrected chi connectivity index (χ4v) is 3.33. The number of rotatable bonds is 8. The standard InChI is InChI=1S/C23H24N4O6/c1-14-19(15(2)26(25-14)17-8-6-5-7-9-17)13-22(28)33-16(3)23(29)24-20-12-18(27(30)31)10-11-21(20)32-4/h5-12,16H,13H2,1-4H3,(H,24,29). The van der Waals surface area contributed by atoms with E-state index in [1.54, 1.807) is 11.6 Å². The normalized spacial score (nSPS) is 11.5. The summed E-state index contributed by atoms with van der Waals surface area (Å²) in [5, 5.41) is 18.0. The van der Waals surface area contributed by atoms with Gasteiger partial charge < -0.3 is 14.8 Å². The first-order valence-corrected chi connectivity index (χ1v) is 10.1. The van der Waals surface area contributed by atoms with Gasteiger partial charge >= 0.3 is 5.97 Å². The van der Waals surface area contributed by atoms with Crippen molar-refractivity contribution in [3.8, 4) is 11.4 Å². The molecule has 0 aliphatic carbocycles. The molecule has 2 aromatic carbocycles. The van der Waals surface area contributed by atoms with Crippen LogP contribution in [0.2, 0.25) is 0 Å². The van der Waals surface area contributed by atoms with Gasteiger partial charge in [0.25, 0.3) is 11.6 Å². The maximum absolute atomic E-state index is 12.5. The summed E-state index contributed by atoms with van der Waals surface area (Å²) in [5.74, 6) is -0.995. The van der Waals surface area contributed by atoms with Crippen LogP contribution in [0.25, 0.3) is 5.69 Å². The van der Waals surface area contributed by atoms with Gasteiger partial charge in [-0.05, 0) is 39.0 Å². The number of hydrogen-bond donors (Lipinski definition) is 1. The fraction of sp³-hybridized carbons (Fsp3) is 0.261. The molecule has 33 heavy (non-hydrogen) atoms. The molecule has 0 saturated carbocycles. The zero-order valence-electron chi connectivity index (χ0n) is 18.7. The molecule has 0 aliphatic rings. The number of amides is 1. The molecule has 0 radical (unpaired) electrons. The molecule has 10 heteroatoms. The zero-order valence-corrected chi connectivity index (χ0v) is 18.7. The van der Waals surface area contributed by atoms with E-state index >= 15 is 0 Å². The van der Waals surface area contributed by atoms with Crippen molar-refractivity contribution in [1.29, 1.82) is 0 Å². The van der Waals surface area contributed by atoms with Gasteiger partial charge in [-0.2, -0.15) is 5.10 Å². The van der Waals surface area contributed by atoms with Gasteiger partial charge in [-0.15, -0.1) is 0 Å². The molecule has 1 N–H and O–H groups in total. The molecule has 0 aliphatic heterocycles. The molecule has 0 fully saturated rings. The number of nitro benzene ring substituents is 1. The lowest BCUT2D eigenvalue weighted by atomic mass is 10.1. The van der Waals surface area contributed by atoms with Crippen LogP contribution in [0.1, 0.15) is 23.9 Å². The topological polar surface area (TPSA) is 126 Å². The van der Waals surface area contributed by atoms with Crippen LogP contribution in [0.4, 0.5) is 11.4 Å². The van der Waals surface area contributed by atoms with E-state index in [-0.39, 0.29) is 23.5 Å². The third kappa shape index (κ3) is 5.35. The van der Waals surface area contributed by atoms with Gasteiger partial charge in [0.1, 0.15) is 5.75 Å². The van der Waals surface area contributed by atoms with Crippen molar-refractivity contribution in [2.24, 2.45) is 0 Å². The number of nitrogens with zero attached hydrogens (tertiary/aromatic N) is 3. The van der Waals surface area contributed by atoms with Gasteiger partial charge in [-0.25, -0.2) is 4.68 Å². The number of benzene rings is 2. The van der Waals surface area contributed by atoms with E-state index in [1.807, 2.05) is 37.3 Å². The summed E-state index contributed by atoms with van der Waals surface area (Å²) in [7, 11) is 1.38. The van der Waals surface area contributed by atoms with Gasteiger partial charge in [-0.1, -0.05) is 18.2 Å². The lowest BCUT2D eigenvalue weighted by Crippen LogP contribution is -2.30. The average Bonchev–Trinajstić information content (AvgIpc) is 3.07. The van der Waals surface area contributed by atoms with Crippen molar-refractivity contribution in [1.82, 2.24) is 9.78 Å². The number of aromatic nitrogens is 2. The highest BCUT2D eigenvalue weighted by Crippen LogP contribution is 2.29. The van der Waals surface area contributed by atoms with Crippen LogP contribution in [-0.2, 0) is 20.7 Å². The monoisotopic (exact) mass is 452 g/mol. The molecule has 3 rings (SSSR count). The number of nitro groups is 1. The number of aryl methyl sites for hydroxylation is 1. The minimum Gasteiger partial charge on any atom is -0.495 e. The maximum Gasteiger partial charge on any atom is 0.311 e. The van der Waals surface area contributed by atoms with Gasteiger partial charge in [0.15, 0.2) is 6.10 Å². The summed E-state index contributed by atoms with van der Waals surface area (Å²) >= 11 is 0. The first-order valence-electron chi connectivity index (χ1n) is 10.1. The predicted molar refractivity (Wildman–Crippen MR) is 121 cm³/mol. The first kappa shape index (κ1) is 23.5. The van der Waals surface area contributed by atoms with Crippen molar-refractivity contribution < 1.29 is 24.0 Å². The number of methoxy groups -OCH3 is 1. The van der Waals surface area contributed by atoms with Crippen molar-refractivity contribution >= 4 is 23.3 Å². The van der Waals surface area contributed by atoms with E-state index in [0.29, 0.717) is 5.69 Å². The summed E-state index contributed by atoms with van der Waals surface area (Å²) < 4.78 is 12.2. The lowest BCUT2D eigenvalue weighted by Gasteiger charge is -2.15. The molecule has 1 amide bonds. The molecule has 1 aromatic heterocycles. The van der Waals surface area contributed by atoms with E-state index in [9.17, 15) is 19.7 Å². The summed E-state index contributed by atoms with van der Waals surface area (Å²) in [6.07, 6.45) is -1.19. The molecule has 0 bridgehead atoms. The van der Waals surface area contributed by atoms with Crippen LogP contribution in [0.3, 0.4) is 0 Å². The van der Waals surface area contributed by atoms with Crippen LogP contribution in [-0.4, -0.2) is 39.8 Å². The largest absolute Gasteiger partial charge is 0.495 e. The number of nitrogens with one attached hydrogen (secondary N) is 1. The van der Waals surface area contributed by atoms with Gasteiger partial charge in [0, 0.05) is 23.4 Å². The molecule has 3 aromatic rings. The number of anilines is 1. The molecule has 1 heterocycles. The Balaban J connectivity index is 1.68. The molecule has 0 saturated heterocycles. The minimum atomic E-state index is -1.13. The van der Waals surface area contributed by atoms with Crippen molar-refractivity contribution in [3.05, 3.63) is 75.6 Å². The Hall–Kier alpha value is -4.21. The fourth-order valence-electron chi connectivity index (χ4n) is 3.33. The van der Waals surface area contributed by atoms with E-state index in [0.717, 1.165) is 16.9 Å². The lowest BCUT2D eigenvalue weighted by molar-refractivity contribution is -0.384. The van der Waals surface area contributed by atoms with Gasteiger partial charge in [-0.3, -0.25) is 19.7 Å². The third-order valence-electron chi connectivity index (χ3n) is 5.09. The van der Waals surface area contributed by atoms with Crippen molar-refractivity contribution in [3.63, 3.8) is 0 Å². The molecule has 1 unspecified atom stereocenters. The Bertz CT molecular complexity index is 1190. The highest BCUT2D eigenvalue weighted by molar-refractivity contribution is 5.96. The molecule has 0 spiro atoms. The van der Waals surface area contributed by atoms with Crippen LogP contribution < -0.4 is 10.1 Å². The Morgan fingerprint density at radius 2 is 1.88 bits per heavy atom. The highest BCUT2D eigenvalue weighted by atomic mass is 16.6. The Kier molecular flexibility index (Phi) is 7.07. The molecular formula is C23H24N4O6. The average molecular weight is 452 g/mol. The van der Waals surface area contributed by atoms with Crippen LogP contribution in [0.15, 0.2) is 48.5 Å². The smallest absolute Gasteiger partial charge is 0.311 e. The summed E-state index contributed by atoms with van der Waals surface area (Å²) in [6, 6.07) is 13.3.